The van der Waals surface area contributed by atoms with Gasteiger partial charge in [-0.05, 0) is 18.2 Å². The van der Waals surface area contributed by atoms with E-state index in [0.717, 1.165) is 0 Å². The van der Waals surface area contributed by atoms with Crippen molar-refractivity contribution in [2.75, 3.05) is 11.9 Å². The van der Waals surface area contributed by atoms with Gasteiger partial charge in [-0.15, -0.1) is 0 Å². The molecule has 0 radical (unpaired) electrons. The summed E-state index contributed by atoms with van der Waals surface area (Å²) in [5.74, 6) is 3.82. The van der Waals surface area contributed by atoms with Crippen molar-refractivity contribution in [3.63, 3.8) is 0 Å². The molecule has 1 aromatic carbocycles. The first-order valence-electron chi connectivity index (χ1n) is 5.67. The van der Waals surface area contributed by atoms with Gasteiger partial charge < -0.3 is 10.4 Å². The maximum Gasteiger partial charge on any atom is 0.275 e. The first-order chi connectivity index (χ1) is 9.70. The normalized spacial score (nSPS) is 9.50. The molecule has 2 N–H and O–H groups in total. The zero-order valence-electron chi connectivity index (χ0n) is 10.3. The van der Waals surface area contributed by atoms with Gasteiger partial charge in [0.2, 0.25) is 0 Å². The predicted molar refractivity (Wildman–Crippen MR) is 70.3 cm³/mol. The van der Waals surface area contributed by atoms with Gasteiger partial charge in [0.15, 0.2) is 0 Å². The Balaban J connectivity index is 2.16. The molecule has 2 rings (SSSR count). The lowest BCUT2D eigenvalue weighted by Crippen LogP contribution is -2.14. The van der Waals surface area contributed by atoms with Gasteiger partial charge in [0, 0.05) is 18.0 Å². The number of halogens is 1. The minimum atomic E-state index is -0.619. The Bertz CT molecular complexity index is 678. The lowest BCUT2D eigenvalue weighted by molar-refractivity contribution is 0.102. The zero-order chi connectivity index (χ0) is 14.4. The van der Waals surface area contributed by atoms with Crippen LogP contribution in [0.1, 0.15) is 16.1 Å². The summed E-state index contributed by atoms with van der Waals surface area (Å²) in [6.07, 6.45) is 4.10. The van der Waals surface area contributed by atoms with Crippen LogP contribution in [0.25, 0.3) is 0 Å². The third-order valence-electron chi connectivity index (χ3n) is 2.32. The highest BCUT2D eigenvalue weighted by Gasteiger charge is 2.10. The van der Waals surface area contributed by atoms with Crippen molar-refractivity contribution in [2.45, 2.75) is 0 Å². The minimum Gasteiger partial charge on any atom is -0.384 e. The molecule has 0 unspecified atom stereocenters. The Labute approximate surface area is 114 Å². The molecule has 0 fully saturated rings. The SMILES string of the molecule is O=C(Nc1ccc(C#CCO)cc1F)c1cnccn1. The summed E-state index contributed by atoms with van der Waals surface area (Å²) in [6, 6.07) is 4.11. The van der Waals surface area contributed by atoms with E-state index in [0.29, 0.717) is 5.56 Å². The number of carbonyl (C=O) groups is 1. The second-order valence-corrected chi connectivity index (χ2v) is 3.70. The van der Waals surface area contributed by atoms with Crippen LogP contribution in [-0.4, -0.2) is 27.6 Å². The van der Waals surface area contributed by atoms with Gasteiger partial charge >= 0.3 is 0 Å². The van der Waals surface area contributed by atoms with Crippen molar-refractivity contribution < 1.29 is 14.3 Å². The first-order valence-corrected chi connectivity index (χ1v) is 5.67. The highest BCUT2D eigenvalue weighted by molar-refractivity contribution is 6.02. The van der Waals surface area contributed by atoms with E-state index in [1.807, 2.05) is 0 Å². The largest absolute Gasteiger partial charge is 0.384 e. The van der Waals surface area contributed by atoms with Gasteiger partial charge in [0.1, 0.15) is 18.1 Å². The molecular formula is C14H10FN3O2. The van der Waals surface area contributed by atoms with Gasteiger partial charge in [-0.2, -0.15) is 0 Å². The molecule has 0 saturated heterocycles. The second kappa shape index (κ2) is 6.41. The van der Waals surface area contributed by atoms with Crippen molar-refractivity contribution >= 4 is 11.6 Å². The number of aliphatic hydroxyl groups is 1. The molecule has 0 aliphatic heterocycles. The Morgan fingerprint density at radius 2 is 2.25 bits per heavy atom. The molecule has 6 heteroatoms. The molecular weight excluding hydrogens is 261 g/mol. The average molecular weight is 271 g/mol. The topological polar surface area (TPSA) is 75.1 Å². The lowest BCUT2D eigenvalue weighted by Gasteiger charge is -2.05. The summed E-state index contributed by atoms with van der Waals surface area (Å²) < 4.78 is 13.8. The van der Waals surface area contributed by atoms with Gasteiger partial charge in [-0.1, -0.05) is 11.8 Å². The van der Waals surface area contributed by atoms with E-state index in [9.17, 15) is 9.18 Å². The second-order valence-electron chi connectivity index (χ2n) is 3.70. The minimum absolute atomic E-state index is 0.0233. The first kappa shape index (κ1) is 13.6. The number of amides is 1. The van der Waals surface area contributed by atoms with Gasteiger partial charge in [-0.25, -0.2) is 9.37 Å². The van der Waals surface area contributed by atoms with E-state index < -0.39 is 11.7 Å². The smallest absolute Gasteiger partial charge is 0.275 e. The number of nitrogens with zero attached hydrogens (tertiary/aromatic N) is 2. The fraction of sp³-hybridized carbons (Fsp3) is 0.0714. The maximum atomic E-state index is 13.8. The summed E-state index contributed by atoms with van der Waals surface area (Å²) in [5, 5.41) is 11.0. The molecule has 0 spiro atoms. The van der Waals surface area contributed by atoms with Crippen molar-refractivity contribution in [2.24, 2.45) is 0 Å². The number of nitrogens with one attached hydrogen (secondary N) is 1. The fourth-order valence-corrected chi connectivity index (χ4v) is 1.44. The Hall–Kier alpha value is -2.78. The monoisotopic (exact) mass is 271 g/mol. The third-order valence-corrected chi connectivity index (χ3v) is 2.32. The number of rotatable bonds is 2. The summed E-state index contributed by atoms with van der Waals surface area (Å²) in [6.45, 7) is -0.299. The molecule has 1 heterocycles. The standard InChI is InChI=1S/C14H10FN3O2/c15-11-8-10(2-1-7-19)3-4-12(11)18-14(20)13-9-16-5-6-17-13/h3-6,8-9,19H,7H2,(H,18,20). The molecule has 0 aliphatic carbocycles. The number of hydrogen-bond acceptors (Lipinski definition) is 4. The van der Waals surface area contributed by atoms with Crippen LogP contribution >= 0.6 is 0 Å². The molecule has 5 nitrogen and oxygen atoms in total. The number of carbonyl (C=O) groups excluding carboxylic acids is 1. The zero-order valence-corrected chi connectivity index (χ0v) is 10.3. The fourth-order valence-electron chi connectivity index (χ4n) is 1.44. The van der Waals surface area contributed by atoms with Crippen LogP contribution < -0.4 is 5.32 Å². The van der Waals surface area contributed by atoms with Crippen molar-refractivity contribution in [1.82, 2.24) is 9.97 Å². The molecule has 0 saturated carbocycles. The number of hydrogen-bond donors (Lipinski definition) is 2. The third kappa shape index (κ3) is 3.37. The molecule has 0 atom stereocenters. The van der Waals surface area contributed by atoms with E-state index in [1.54, 1.807) is 0 Å². The van der Waals surface area contributed by atoms with Crippen LogP contribution in [0.5, 0.6) is 0 Å². The summed E-state index contributed by atoms with van der Waals surface area (Å²) in [7, 11) is 0. The van der Waals surface area contributed by atoms with Crippen LogP contribution in [0, 0.1) is 17.7 Å². The lowest BCUT2D eigenvalue weighted by atomic mass is 10.2. The molecule has 1 amide bonds. The highest BCUT2D eigenvalue weighted by Crippen LogP contribution is 2.16. The van der Waals surface area contributed by atoms with Gasteiger partial charge in [0.25, 0.3) is 5.91 Å². The number of aliphatic hydroxyl groups excluding tert-OH is 1. The number of anilines is 1. The highest BCUT2D eigenvalue weighted by atomic mass is 19.1. The van der Waals surface area contributed by atoms with Crippen LogP contribution in [0.2, 0.25) is 0 Å². The van der Waals surface area contributed by atoms with Gasteiger partial charge in [0.05, 0.1) is 11.9 Å². The molecule has 20 heavy (non-hydrogen) atoms. The maximum absolute atomic E-state index is 13.8. The Morgan fingerprint density at radius 1 is 1.40 bits per heavy atom. The van der Waals surface area contributed by atoms with E-state index in [2.05, 4.69) is 27.1 Å². The van der Waals surface area contributed by atoms with Crippen LogP contribution in [0.15, 0.2) is 36.8 Å². The van der Waals surface area contributed by atoms with Crippen LogP contribution in [0.4, 0.5) is 10.1 Å². The van der Waals surface area contributed by atoms with Crippen molar-refractivity contribution in [3.05, 3.63) is 53.9 Å². The van der Waals surface area contributed by atoms with Gasteiger partial charge in [-0.3, -0.25) is 9.78 Å². The molecule has 2 aromatic rings. The Morgan fingerprint density at radius 3 is 2.90 bits per heavy atom. The van der Waals surface area contributed by atoms with Crippen LogP contribution in [0.3, 0.4) is 0 Å². The summed E-state index contributed by atoms with van der Waals surface area (Å²) in [5.41, 5.74) is 0.528. The summed E-state index contributed by atoms with van der Waals surface area (Å²) in [4.78, 5) is 19.4. The van der Waals surface area contributed by atoms with E-state index in [-0.39, 0.29) is 18.0 Å². The average Bonchev–Trinajstić information content (AvgIpc) is 2.48. The number of benzene rings is 1. The van der Waals surface area contributed by atoms with Crippen LogP contribution in [-0.2, 0) is 0 Å². The van der Waals surface area contributed by atoms with Crippen molar-refractivity contribution in [1.29, 1.82) is 0 Å². The quantitative estimate of drug-likeness (QED) is 0.805. The summed E-state index contributed by atoms with van der Waals surface area (Å²) >= 11 is 0. The molecule has 0 aliphatic rings. The predicted octanol–water partition coefficient (Wildman–Crippen LogP) is 1.21. The van der Waals surface area contributed by atoms with E-state index >= 15 is 0 Å². The van der Waals surface area contributed by atoms with E-state index in [1.165, 1.54) is 36.8 Å². The molecule has 100 valence electrons. The number of aromatic nitrogens is 2. The molecule has 1 aromatic heterocycles. The van der Waals surface area contributed by atoms with E-state index in [4.69, 9.17) is 5.11 Å². The van der Waals surface area contributed by atoms with Crippen molar-refractivity contribution in [3.8, 4) is 11.8 Å². The molecule has 0 bridgehead atoms. The Kier molecular flexibility index (Phi) is 4.37.